The van der Waals surface area contributed by atoms with E-state index >= 15 is 0 Å². The maximum atomic E-state index is 12.8. The highest BCUT2D eigenvalue weighted by Gasteiger charge is 2.25. The Balaban J connectivity index is 0.00000225. The number of rotatable bonds is 5. The first-order valence-electron chi connectivity index (χ1n) is 9.89. The minimum absolute atomic E-state index is 0. The predicted octanol–water partition coefficient (Wildman–Crippen LogP) is 2.25. The zero-order chi connectivity index (χ0) is 18.6. The van der Waals surface area contributed by atoms with Crippen LogP contribution in [0.5, 0.6) is 0 Å². The summed E-state index contributed by atoms with van der Waals surface area (Å²) < 4.78 is 0. The number of piperidine rings is 1. The van der Waals surface area contributed by atoms with E-state index in [1.807, 2.05) is 24.3 Å². The SMILES string of the molecule is CN(CCC1CCN(c2ccncc2)CC1)C(=O)c1n[nH]c2c1CNCC2.Cl. The van der Waals surface area contributed by atoms with E-state index in [4.69, 9.17) is 0 Å². The van der Waals surface area contributed by atoms with Crippen molar-refractivity contribution in [3.8, 4) is 0 Å². The molecule has 0 radical (unpaired) electrons. The summed E-state index contributed by atoms with van der Waals surface area (Å²) in [7, 11) is 1.89. The van der Waals surface area contributed by atoms with E-state index in [1.165, 1.54) is 18.5 Å². The Morgan fingerprint density at radius 1 is 1.29 bits per heavy atom. The van der Waals surface area contributed by atoms with Gasteiger partial charge in [-0.25, -0.2) is 0 Å². The molecule has 0 atom stereocenters. The number of carbonyl (C=O) groups is 1. The first-order chi connectivity index (χ1) is 13.2. The lowest BCUT2D eigenvalue weighted by atomic mass is 9.93. The molecular formula is C20H29ClN6O. The molecule has 2 aliphatic heterocycles. The largest absolute Gasteiger partial charge is 0.371 e. The first-order valence-corrected chi connectivity index (χ1v) is 9.89. The van der Waals surface area contributed by atoms with Crippen molar-refractivity contribution in [1.82, 2.24) is 25.4 Å². The third-order valence-electron chi connectivity index (χ3n) is 5.87. The van der Waals surface area contributed by atoms with Crippen molar-refractivity contribution < 1.29 is 4.79 Å². The van der Waals surface area contributed by atoms with Gasteiger partial charge in [-0.05, 0) is 37.3 Å². The van der Waals surface area contributed by atoms with Crippen LogP contribution in [0.3, 0.4) is 0 Å². The van der Waals surface area contributed by atoms with Gasteiger partial charge in [0.1, 0.15) is 0 Å². The molecule has 1 fully saturated rings. The van der Waals surface area contributed by atoms with Crippen molar-refractivity contribution in [2.45, 2.75) is 32.2 Å². The number of anilines is 1. The zero-order valence-corrected chi connectivity index (χ0v) is 17.2. The molecule has 8 heteroatoms. The van der Waals surface area contributed by atoms with Crippen molar-refractivity contribution in [2.75, 3.05) is 38.1 Å². The smallest absolute Gasteiger partial charge is 0.274 e. The standard InChI is InChI=1S/C20H28N6O.ClH/c1-25(20(27)19-17-14-22-10-4-18(17)23-24-19)11-5-15-6-12-26(13-7-15)16-2-8-21-9-3-16;/h2-3,8-9,15,22H,4-7,10-14H2,1H3,(H,23,24);1H. The molecule has 0 saturated carbocycles. The molecular weight excluding hydrogens is 376 g/mol. The van der Waals surface area contributed by atoms with E-state index in [0.717, 1.165) is 56.8 Å². The molecule has 4 heterocycles. The molecule has 1 saturated heterocycles. The summed E-state index contributed by atoms with van der Waals surface area (Å²) in [6, 6.07) is 4.15. The van der Waals surface area contributed by atoms with Gasteiger partial charge in [-0.2, -0.15) is 5.10 Å². The number of H-pyrrole nitrogens is 1. The number of nitrogens with zero attached hydrogens (tertiary/aromatic N) is 4. The Kier molecular flexibility index (Phi) is 6.91. The molecule has 2 N–H and O–H groups in total. The van der Waals surface area contributed by atoms with Crippen LogP contribution in [-0.4, -0.2) is 59.2 Å². The average Bonchev–Trinajstić information content (AvgIpc) is 3.16. The lowest BCUT2D eigenvalue weighted by molar-refractivity contribution is 0.0778. The van der Waals surface area contributed by atoms with E-state index in [9.17, 15) is 4.79 Å². The molecule has 7 nitrogen and oxygen atoms in total. The van der Waals surface area contributed by atoms with Crippen LogP contribution in [0.25, 0.3) is 0 Å². The number of aromatic nitrogens is 3. The van der Waals surface area contributed by atoms with Crippen LogP contribution >= 0.6 is 12.4 Å². The minimum atomic E-state index is 0. The van der Waals surface area contributed by atoms with Gasteiger partial charge in [0.05, 0.1) is 0 Å². The van der Waals surface area contributed by atoms with Gasteiger partial charge in [0, 0.05) is 75.5 Å². The van der Waals surface area contributed by atoms with E-state index < -0.39 is 0 Å². The maximum Gasteiger partial charge on any atom is 0.274 e. The van der Waals surface area contributed by atoms with Gasteiger partial charge in [0.25, 0.3) is 5.91 Å². The fraction of sp³-hybridized carbons (Fsp3) is 0.550. The third-order valence-corrected chi connectivity index (χ3v) is 5.87. The van der Waals surface area contributed by atoms with Gasteiger partial charge in [-0.3, -0.25) is 14.9 Å². The number of amides is 1. The van der Waals surface area contributed by atoms with Gasteiger partial charge in [-0.1, -0.05) is 0 Å². The molecule has 2 aliphatic rings. The molecule has 1 amide bonds. The van der Waals surface area contributed by atoms with Crippen LogP contribution in [0.2, 0.25) is 0 Å². The summed E-state index contributed by atoms with van der Waals surface area (Å²) in [6.07, 6.45) is 8.02. The minimum Gasteiger partial charge on any atom is -0.371 e. The molecule has 28 heavy (non-hydrogen) atoms. The second-order valence-corrected chi connectivity index (χ2v) is 7.61. The fourth-order valence-electron chi connectivity index (χ4n) is 4.10. The van der Waals surface area contributed by atoms with Crippen molar-refractivity contribution in [3.05, 3.63) is 41.5 Å². The monoisotopic (exact) mass is 404 g/mol. The van der Waals surface area contributed by atoms with Crippen molar-refractivity contribution in [1.29, 1.82) is 0 Å². The lowest BCUT2D eigenvalue weighted by Gasteiger charge is -2.34. The Bertz CT molecular complexity index is 772. The number of fused-ring (bicyclic) bond motifs is 1. The molecule has 2 aromatic rings. The molecule has 2 aromatic heterocycles. The normalized spacial score (nSPS) is 17.0. The number of hydrogen-bond donors (Lipinski definition) is 2. The van der Waals surface area contributed by atoms with Crippen LogP contribution in [0, 0.1) is 5.92 Å². The number of nitrogens with one attached hydrogen (secondary N) is 2. The first kappa shape index (κ1) is 20.6. The van der Waals surface area contributed by atoms with Crippen molar-refractivity contribution in [2.24, 2.45) is 5.92 Å². The summed E-state index contributed by atoms with van der Waals surface area (Å²) in [5.74, 6) is 0.707. The lowest BCUT2D eigenvalue weighted by Crippen LogP contribution is -2.36. The summed E-state index contributed by atoms with van der Waals surface area (Å²) in [6.45, 7) is 4.61. The quantitative estimate of drug-likeness (QED) is 0.799. The Morgan fingerprint density at radius 2 is 2.04 bits per heavy atom. The Hall–Kier alpha value is -2.12. The highest BCUT2D eigenvalue weighted by molar-refractivity contribution is 5.93. The van der Waals surface area contributed by atoms with Crippen LogP contribution in [0.1, 0.15) is 41.0 Å². The third kappa shape index (κ3) is 4.47. The molecule has 0 spiro atoms. The summed E-state index contributed by atoms with van der Waals surface area (Å²) >= 11 is 0. The Labute approximate surface area is 172 Å². The van der Waals surface area contributed by atoms with Crippen molar-refractivity contribution >= 4 is 24.0 Å². The van der Waals surface area contributed by atoms with Crippen molar-refractivity contribution in [3.63, 3.8) is 0 Å². The highest BCUT2D eigenvalue weighted by Crippen LogP contribution is 2.25. The number of halogens is 1. The number of aromatic amines is 1. The van der Waals surface area contributed by atoms with Gasteiger partial charge in [0.15, 0.2) is 5.69 Å². The number of pyridine rings is 1. The zero-order valence-electron chi connectivity index (χ0n) is 16.4. The highest BCUT2D eigenvalue weighted by atomic mass is 35.5. The van der Waals surface area contributed by atoms with E-state index in [2.05, 4.69) is 37.5 Å². The maximum absolute atomic E-state index is 12.8. The van der Waals surface area contributed by atoms with Gasteiger partial charge < -0.3 is 15.1 Å². The van der Waals surface area contributed by atoms with E-state index in [1.54, 1.807) is 0 Å². The Morgan fingerprint density at radius 3 is 2.79 bits per heavy atom. The van der Waals surface area contributed by atoms with Crippen LogP contribution < -0.4 is 10.2 Å². The number of hydrogen-bond acceptors (Lipinski definition) is 5. The number of carbonyl (C=O) groups excluding carboxylic acids is 1. The molecule has 0 bridgehead atoms. The summed E-state index contributed by atoms with van der Waals surface area (Å²) in [5.41, 5.74) is 4.00. The molecule has 0 unspecified atom stereocenters. The van der Waals surface area contributed by atoms with Gasteiger partial charge in [-0.15, -0.1) is 12.4 Å². The fourth-order valence-corrected chi connectivity index (χ4v) is 4.10. The van der Waals surface area contributed by atoms with Crippen LogP contribution in [-0.2, 0) is 13.0 Å². The topological polar surface area (TPSA) is 77.2 Å². The van der Waals surface area contributed by atoms with Crippen LogP contribution in [0.4, 0.5) is 5.69 Å². The van der Waals surface area contributed by atoms with Gasteiger partial charge in [0.2, 0.25) is 0 Å². The molecule has 4 rings (SSSR count). The molecule has 0 aromatic carbocycles. The van der Waals surface area contributed by atoms with Crippen LogP contribution in [0.15, 0.2) is 24.5 Å². The summed E-state index contributed by atoms with van der Waals surface area (Å²) in [5, 5.41) is 10.7. The van der Waals surface area contributed by atoms with E-state index in [-0.39, 0.29) is 18.3 Å². The second-order valence-electron chi connectivity index (χ2n) is 7.61. The second kappa shape index (κ2) is 9.39. The summed E-state index contributed by atoms with van der Waals surface area (Å²) in [4.78, 5) is 21.1. The average molecular weight is 405 g/mol. The molecule has 0 aliphatic carbocycles. The van der Waals surface area contributed by atoms with Gasteiger partial charge >= 0.3 is 0 Å². The molecule has 152 valence electrons. The predicted molar refractivity (Wildman–Crippen MR) is 112 cm³/mol. The van der Waals surface area contributed by atoms with E-state index in [0.29, 0.717) is 11.6 Å².